The van der Waals surface area contributed by atoms with Crippen LogP contribution >= 0.6 is 0 Å². The predicted octanol–water partition coefficient (Wildman–Crippen LogP) is 5.38. The van der Waals surface area contributed by atoms with Crippen molar-refractivity contribution in [2.45, 2.75) is 25.6 Å². The van der Waals surface area contributed by atoms with Gasteiger partial charge in [0, 0.05) is 6.42 Å². The van der Waals surface area contributed by atoms with E-state index in [2.05, 4.69) is 79.7 Å². The Balaban J connectivity index is 1.59. The number of ether oxygens (including phenoxy) is 1. The van der Waals surface area contributed by atoms with Gasteiger partial charge < -0.3 is 4.74 Å². The van der Waals surface area contributed by atoms with E-state index in [1.54, 1.807) is 0 Å². The molecular formula is C22H20O. The zero-order valence-electron chi connectivity index (χ0n) is 13.3. The Morgan fingerprint density at radius 1 is 0.913 bits per heavy atom. The lowest BCUT2D eigenvalue weighted by Gasteiger charge is -2.31. The van der Waals surface area contributed by atoms with Crippen molar-refractivity contribution in [3.05, 3.63) is 89.5 Å². The summed E-state index contributed by atoms with van der Waals surface area (Å²) < 4.78 is 6.24. The molecule has 3 aromatic carbocycles. The molecule has 1 heteroatoms. The lowest BCUT2D eigenvalue weighted by Crippen LogP contribution is -2.31. The van der Waals surface area contributed by atoms with Gasteiger partial charge >= 0.3 is 0 Å². The predicted molar refractivity (Wildman–Crippen MR) is 96.3 cm³/mol. The number of rotatable bonds is 3. The summed E-state index contributed by atoms with van der Waals surface area (Å²) >= 11 is 0. The maximum atomic E-state index is 6.24. The zero-order chi connectivity index (χ0) is 15.7. The van der Waals surface area contributed by atoms with E-state index in [0.717, 1.165) is 6.42 Å². The minimum Gasteiger partial charge on any atom is -0.366 e. The number of benzene rings is 3. The van der Waals surface area contributed by atoms with Crippen molar-refractivity contribution >= 4 is 16.8 Å². The maximum absolute atomic E-state index is 6.24. The van der Waals surface area contributed by atoms with Crippen LogP contribution in [0.4, 0.5) is 0 Å². The fraction of sp³-hybridized carbons (Fsp3) is 0.182. The van der Waals surface area contributed by atoms with Crippen LogP contribution in [0.2, 0.25) is 0 Å². The van der Waals surface area contributed by atoms with E-state index in [4.69, 9.17) is 4.74 Å². The van der Waals surface area contributed by atoms with E-state index in [-0.39, 0.29) is 5.60 Å². The molecule has 23 heavy (non-hydrogen) atoms. The Kier molecular flexibility index (Phi) is 3.51. The molecule has 1 atom stereocenters. The Labute approximate surface area is 137 Å². The van der Waals surface area contributed by atoms with Crippen LogP contribution in [0.1, 0.15) is 23.6 Å². The SMILES string of the molecule is CC1(OCc2ccccc2)C=Cc2cc3ccccc3cc2C1. The first kappa shape index (κ1) is 14.2. The summed E-state index contributed by atoms with van der Waals surface area (Å²) in [4.78, 5) is 0. The Bertz CT molecular complexity index is 864. The minimum atomic E-state index is -0.245. The highest BCUT2D eigenvalue weighted by molar-refractivity contribution is 5.86. The molecule has 3 aromatic rings. The van der Waals surface area contributed by atoms with Gasteiger partial charge in [0.1, 0.15) is 0 Å². The third kappa shape index (κ3) is 2.93. The molecule has 0 spiro atoms. The van der Waals surface area contributed by atoms with Crippen LogP contribution in [0.3, 0.4) is 0 Å². The Morgan fingerprint density at radius 2 is 1.61 bits per heavy atom. The molecule has 0 saturated heterocycles. The average Bonchev–Trinajstić information content (AvgIpc) is 2.59. The van der Waals surface area contributed by atoms with Crippen LogP contribution < -0.4 is 0 Å². The summed E-state index contributed by atoms with van der Waals surface area (Å²) in [7, 11) is 0. The topological polar surface area (TPSA) is 9.23 Å². The van der Waals surface area contributed by atoms with Crippen LogP contribution in [-0.2, 0) is 17.8 Å². The van der Waals surface area contributed by atoms with Crippen molar-refractivity contribution in [2.24, 2.45) is 0 Å². The zero-order valence-corrected chi connectivity index (χ0v) is 13.3. The van der Waals surface area contributed by atoms with Crippen LogP contribution in [0.25, 0.3) is 16.8 Å². The number of hydrogen-bond donors (Lipinski definition) is 0. The summed E-state index contributed by atoms with van der Waals surface area (Å²) in [6.07, 6.45) is 5.32. The molecular weight excluding hydrogens is 280 g/mol. The van der Waals surface area contributed by atoms with E-state index in [1.807, 2.05) is 6.07 Å². The average molecular weight is 300 g/mol. The van der Waals surface area contributed by atoms with Gasteiger partial charge in [0.05, 0.1) is 12.2 Å². The Morgan fingerprint density at radius 3 is 2.39 bits per heavy atom. The van der Waals surface area contributed by atoms with Gasteiger partial charge in [-0.15, -0.1) is 0 Å². The van der Waals surface area contributed by atoms with E-state index in [1.165, 1.54) is 27.5 Å². The van der Waals surface area contributed by atoms with Gasteiger partial charge in [0.15, 0.2) is 0 Å². The largest absolute Gasteiger partial charge is 0.366 e. The standard InChI is InChI=1S/C22H20O/c1-22(23-16-17-7-3-2-4-8-17)12-11-20-13-18-9-5-6-10-19(18)14-21(20)15-22/h2-14H,15-16H2,1H3. The van der Waals surface area contributed by atoms with Gasteiger partial charge in [-0.05, 0) is 40.5 Å². The normalized spacial score (nSPS) is 19.7. The molecule has 0 bridgehead atoms. The van der Waals surface area contributed by atoms with Crippen LogP contribution in [0.5, 0.6) is 0 Å². The van der Waals surface area contributed by atoms with E-state index in [0.29, 0.717) is 6.61 Å². The highest BCUT2D eigenvalue weighted by Crippen LogP contribution is 2.32. The maximum Gasteiger partial charge on any atom is 0.0882 e. The third-order valence-corrected chi connectivity index (χ3v) is 4.58. The van der Waals surface area contributed by atoms with Crippen molar-refractivity contribution < 1.29 is 4.74 Å². The quantitative estimate of drug-likeness (QED) is 0.630. The molecule has 0 aliphatic heterocycles. The molecule has 1 aliphatic rings. The van der Waals surface area contributed by atoms with Crippen molar-refractivity contribution in [1.29, 1.82) is 0 Å². The lowest BCUT2D eigenvalue weighted by atomic mass is 9.85. The summed E-state index contributed by atoms with van der Waals surface area (Å²) in [5.74, 6) is 0. The van der Waals surface area contributed by atoms with Crippen molar-refractivity contribution in [2.75, 3.05) is 0 Å². The second-order valence-corrected chi connectivity index (χ2v) is 6.50. The molecule has 0 heterocycles. The third-order valence-electron chi connectivity index (χ3n) is 4.58. The highest BCUT2D eigenvalue weighted by Gasteiger charge is 2.26. The van der Waals surface area contributed by atoms with Crippen LogP contribution in [-0.4, -0.2) is 5.60 Å². The van der Waals surface area contributed by atoms with Crippen molar-refractivity contribution in [1.82, 2.24) is 0 Å². The molecule has 1 nitrogen and oxygen atoms in total. The molecule has 0 aromatic heterocycles. The smallest absolute Gasteiger partial charge is 0.0882 e. The van der Waals surface area contributed by atoms with Gasteiger partial charge in [0.2, 0.25) is 0 Å². The fourth-order valence-corrected chi connectivity index (χ4v) is 3.24. The molecule has 0 N–H and O–H groups in total. The number of hydrogen-bond acceptors (Lipinski definition) is 1. The van der Waals surface area contributed by atoms with Crippen LogP contribution in [0.15, 0.2) is 72.8 Å². The van der Waals surface area contributed by atoms with E-state index >= 15 is 0 Å². The summed E-state index contributed by atoms with van der Waals surface area (Å²) in [5.41, 5.74) is 3.64. The first-order valence-electron chi connectivity index (χ1n) is 8.11. The molecule has 114 valence electrons. The lowest BCUT2D eigenvalue weighted by molar-refractivity contribution is -0.00660. The molecule has 1 unspecified atom stereocenters. The monoisotopic (exact) mass is 300 g/mol. The van der Waals surface area contributed by atoms with Gasteiger partial charge in [0.25, 0.3) is 0 Å². The van der Waals surface area contributed by atoms with Crippen molar-refractivity contribution in [3.8, 4) is 0 Å². The molecule has 0 amide bonds. The van der Waals surface area contributed by atoms with Gasteiger partial charge in [-0.3, -0.25) is 0 Å². The first-order valence-corrected chi connectivity index (χ1v) is 8.11. The minimum absolute atomic E-state index is 0.245. The van der Waals surface area contributed by atoms with Gasteiger partial charge in [-0.2, -0.15) is 0 Å². The summed E-state index contributed by atoms with van der Waals surface area (Å²) in [6, 6.07) is 23.5. The van der Waals surface area contributed by atoms with E-state index < -0.39 is 0 Å². The molecule has 1 aliphatic carbocycles. The molecule has 0 fully saturated rings. The first-order chi connectivity index (χ1) is 11.2. The second kappa shape index (κ2) is 5.68. The molecule has 4 rings (SSSR count). The number of fused-ring (bicyclic) bond motifs is 2. The molecule has 0 radical (unpaired) electrons. The van der Waals surface area contributed by atoms with Crippen molar-refractivity contribution in [3.63, 3.8) is 0 Å². The van der Waals surface area contributed by atoms with Gasteiger partial charge in [-0.25, -0.2) is 0 Å². The van der Waals surface area contributed by atoms with E-state index in [9.17, 15) is 0 Å². The fourth-order valence-electron chi connectivity index (χ4n) is 3.24. The van der Waals surface area contributed by atoms with Crippen LogP contribution in [0, 0.1) is 0 Å². The Hall–Kier alpha value is -2.38. The highest BCUT2D eigenvalue weighted by atomic mass is 16.5. The van der Waals surface area contributed by atoms with Gasteiger partial charge in [-0.1, -0.05) is 72.8 Å². The summed E-state index contributed by atoms with van der Waals surface area (Å²) in [6.45, 7) is 2.81. The summed E-state index contributed by atoms with van der Waals surface area (Å²) in [5, 5.41) is 2.59. The second-order valence-electron chi connectivity index (χ2n) is 6.50. The molecule has 0 saturated carbocycles.